The van der Waals surface area contributed by atoms with Gasteiger partial charge in [0.25, 0.3) is 0 Å². The molecule has 0 spiro atoms. The van der Waals surface area contributed by atoms with Gasteiger partial charge in [0.05, 0.1) is 13.2 Å². The van der Waals surface area contributed by atoms with Crippen molar-refractivity contribution in [3.05, 3.63) is 23.8 Å². The summed E-state index contributed by atoms with van der Waals surface area (Å²) < 4.78 is 11.6. The summed E-state index contributed by atoms with van der Waals surface area (Å²) in [5.41, 5.74) is 1.22. The van der Waals surface area contributed by atoms with Gasteiger partial charge in [-0.2, -0.15) is 0 Å². The number of rotatable bonds is 5. The van der Waals surface area contributed by atoms with Crippen LogP contribution >= 0.6 is 0 Å². The molecule has 4 rings (SSSR count). The van der Waals surface area contributed by atoms with Gasteiger partial charge in [0, 0.05) is 31.1 Å². The predicted molar refractivity (Wildman–Crippen MR) is 86.5 cm³/mol. The molecule has 2 heterocycles. The van der Waals surface area contributed by atoms with Gasteiger partial charge in [-0.05, 0) is 44.3 Å². The van der Waals surface area contributed by atoms with Crippen molar-refractivity contribution in [2.75, 3.05) is 32.8 Å². The van der Waals surface area contributed by atoms with Gasteiger partial charge in [-0.3, -0.25) is 0 Å². The zero-order chi connectivity index (χ0) is 14.8. The predicted octanol–water partition coefficient (Wildman–Crippen LogP) is 2.42. The van der Waals surface area contributed by atoms with Crippen LogP contribution in [0.3, 0.4) is 0 Å². The summed E-state index contributed by atoms with van der Waals surface area (Å²) in [5, 5.41) is 3.63. The van der Waals surface area contributed by atoms with E-state index >= 15 is 0 Å². The van der Waals surface area contributed by atoms with Gasteiger partial charge in [-0.1, -0.05) is 12.1 Å². The van der Waals surface area contributed by atoms with Crippen LogP contribution in [0.25, 0.3) is 0 Å². The minimum absolute atomic E-state index is 0.753. The largest absolute Gasteiger partial charge is 0.490 e. The molecule has 1 saturated heterocycles. The van der Waals surface area contributed by atoms with E-state index in [4.69, 9.17) is 9.47 Å². The molecule has 1 N–H and O–H groups in total. The first kappa shape index (κ1) is 14.3. The molecule has 0 amide bonds. The number of fused-ring (bicyclic) bond motifs is 1. The summed E-state index contributed by atoms with van der Waals surface area (Å²) in [5.74, 6) is 2.65. The number of para-hydroxylation sites is 1. The Labute approximate surface area is 132 Å². The Morgan fingerprint density at radius 1 is 1.14 bits per heavy atom. The van der Waals surface area contributed by atoms with Crippen molar-refractivity contribution < 1.29 is 9.47 Å². The Morgan fingerprint density at radius 2 is 2.05 bits per heavy atom. The number of nitrogens with one attached hydrogen (secondary N) is 1. The van der Waals surface area contributed by atoms with E-state index in [9.17, 15) is 0 Å². The minimum Gasteiger partial charge on any atom is -0.490 e. The molecule has 4 heteroatoms. The molecule has 0 radical (unpaired) electrons. The fraction of sp³-hybridized carbons (Fsp3) is 0.667. The quantitative estimate of drug-likeness (QED) is 0.906. The van der Waals surface area contributed by atoms with Crippen LogP contribution < -0.4 is 14.8 Å². The van der Waals surface area contributed by atoms with E-state index in [0.29, 0.717) is 0 Å². The second-order valence-corrected chi connectivity index (χ2v) is 6.81. The van der Waals surface area contributed by atoms with Crippen LogP contribution in [0.5, 0.6) is 11.5 Å². The molecule has 1 aromatic rings. The number of ether oxygens (including phenoxy) is 2. The van der Waals surface area contributed by atoms with Gasteiger partial charge in [0.1, 0.15) is 0 Å². The maximum absolute atomic E-state index is 5.89. The second-order valence-electron chi connectivity index (χ2n) is 6.81. The molecule has 1 atom stereocenters. The molecule has 0 unspecified atom stereocenters. The molecular formula is C18H26N2O2. The van der Waals surface area contributed by atoms with Crippen molar-refractivity contribution in [2.24, 2.45) is 5.92 Å². The van der Waals surface area contributed by atoms with Crippen molar-refractivity contribution in [1.82, 2.24) is 10.2 Å². The minimum atomic E-state index is 0.753. The van der Waals surface area contributed by atoms with Crippen molar-refractivity contribution >= 4 is 0 Å². The summed E-state index contributed by atoms with van der Waals surface area (Å²) in [4.78, 5) is 2.68. The highest BCUT2D eigenvalue weighted by Crippen LogP contribution is 2.33. The maximum Gasteiger partial charge on any atom is 0.165 e. The van der Waals surface area contributed by atoms with E-state index in [0.717, 1.165) is 56.2 Å². The summed E-state index contributed by atoms with van der Waals surface area (Å²) in [6.07, 6.45) is 5.15. The number of nitrogens with zero attached hydrogens (tertiary/aromatic N) is 1. The number of likely N-dealkylation sites (tertiary alicyclic amines) is 1. The van der Waals surface area contributed by atoms with Crippen LogP contribution in [-0.2, 0) is 6.54 Å². The fourth-order valence-corrected chi connectivity index (χ4v) is 3.60. The number of hydrogen-bond donors (Lipinski definition) is 1. The molecule has 1 aliphatic carbocycles. The molecular weight excluding hydrogens is 276 g/mol. The molecule has 1 saturated carbocycles. The van der Waals surface area contributed by atoms with Crippen molar-refractivity contribution in [1.29, 1.82) is 0 Å². The number of benzene rings is 1. The van der Waals surface area contributed by atoms with Crippen LogP contribution in [0.1, 0.15) is 31.2 Å². The smallest absolute Gasteiger partial charge is 0.165 e. The Balaban J connectivity index is 1.30. The topological polar surface area (TPSA) is 33.7 Å². The van der Waals surface area contributed by atoms with E-state index < -0.39 is 0 Å². The zero-order valence-electron chi connectivity index (χ0n) is 13.2. The lowest BCUT2D eigenvalue weighted by atomic mass is 10.1. The van der Waals surface area contributed by atoms with Crippen LogP contribution in [0, 0.1) is 5.92 Å². The molecule has 2 fully saturated rings. The highest BCUT2D eigenvalue weighted by Gasteiger charge is 2.34. The standard InChI is InChI=1S/C18H26N2O2/c1-3-15(18-17(4-1)21-9-2-10-22-18)12-19-11-14-7-8-20(13-14)16-5-6-16/h1,3-4,14,16,19H,2,5-13H2/t14-/m1/s1. The van der Waals surface area contributed by atoms with Gasteiger partial charge in [-0.25, -0.2) is 0 Å². The zero-order valence-corrected chi connectivity index (χ0v) is 13.2. The van der Waals surface area contributed by atoms with E-state index in [1.807, 2.05) is 6.07 Å². The Morgan fingerprint density at radius 3 is 2.95 bits per heavy atom. The highest BCUT2D eigenvalue weighted by atomic mass is 16.5. The van der Waals surface area contributed by atoms with E-state index in [1.165, 1.54) is 37.9 Å². The summed E-state index contributed by atoms with van der Waals surface area (Å²) in [6, 6.07) is 7.13. The summed E-state index contributed by atoms with van der Waals surface area (Å²) in [7, 11) is 0. The van der Waals surface area contributed by atoms with Crippen LogP contribution in [0.2, 0.25) is 0 Å². The SMILES string of the molecule is c1cc(CNC[C@H]2CCN(C3CC3)C2)c2c(c1)OCCCO2. The molecule has 2 aliphatic heterocycles. The second kappa shape index (κ2) is 6.47. The van der Waals surface area contributed by atoms with Gasteiger partial charge < -0.3 is 19.7 Å². The molecule has 22 heavy (non-hydrogen) atoms. The normalized spacial score (nSPS) is 25.2. The Bertz CT molecular complexity index is 516. The summed E-state index contributed by atoms with van der Waals surface area (Å²) >= 11 is 0. The van der Waals surface area contributed by atoms with Crippen molar-refractivity contribution in [3.8, 4) is 11.5 Å². The first-order chi connectivity index (χ1) is 10.9. The van der Waals surface area contributed by atoms with Crippen LogP contribution in [-0.4, -0.2) is 43.8 Å². The van der Waals surface area contributed by atoms with Gasteiger partial charge >= 0.3 is 0 Å². The first-order valence-corrected chi connectivity index (χ1v) is 8.72. The third-order valence-corrected chi connectivity index (χ3v) is 4.98. The molecule has 1 aromatic carbocycles. The van der Waals surface area contributed by atoms with Gasteiger partial charge in [0.15, 0.2) is 11.5 Å². The lowest BCUT2D eigenvalue weighted by molar-refractivity contribution is 0.295. The molecule has 0 bridgehead atoms. The van der Waals surface area contributed by atoms with Crippen molar-refractivity contribution in [3.63, 3.8) is 0 Å². The molecule has 0 aromatic heterocycles. The molecule has 4 nitrogen and oxygen atoms in total. The average molecular weight is 302 g/mol. The van der Waals surface area contributed by atoms with Crippen LogP contribution in [0.4, 0.5) is 0 Å². The van der Waals surface area contributed by atoms with Crippen LogP contribution in [0.15, 0.2) is 18.2 Å². The maximum atomic E-state index is 5.89. The van der Waals surface area contributed by atoms with Gasteiger partial charge in [0.2, 0.25) is 0 Å². The molecule has 3 aliphatic rings. The fourth-order valence-electron chi connectivity index (χ4n) is 3.60. The van der Waals surface area contributed by atoms with Gasteiger partial charge in [-0.15, -0.1) is 0 Å². The lowest BCUT2D eigenvalue weighted by Crippen LogP contribution is -2.27. The third kappa shape index (κ3) is 3.23. The average Bonchev–Trinajstić information content (AvgIpc) is 3.32. The van der Waals surface area contributed by atoms with Crippen molar-refractivity contribution in [2.45, 2.75) is 38.3 Å². The summed E-state index contributed by atoms with van der Waals surface area (Å²) in [6.45, 7) is 6.06. The lowest BCUT2D eigenvalue weighted by Gasteiger charge is -2.16. The monoisotopic (exact) mass is 302 g/mol. The van der Waals surface area contributed by atoms with E-state index in [2.05, 4.69) is 22.3 Å². The Hall–Kier alpha value is -1.26. The Kier molecular flexibility index (Phi) is 4.22. The first-order valence-electron chi connectivity index (χ1n) is 8.72. The number of hydrogen-bond acceptors (Lipinski definition) is 4. The highest BCUT2D eigenvalue weighted by molar-refractivity contribution is 5.47. The molecule has 120 valence electrons. The third-order valence-electron chi connectivity index (χ3n) is 4.98. The van der Waals surface area contributed by atoms with E-state index in [-0.39, 0.29) is 0 Å². The van der Waals surface area contributed by atoms with E-state index in [1.54, 1.807) is 0 Å².